The van der Waals surface area contributed by atoms with Crippen molar-refractivity contribution in [2.24, 2.45) is 0 Å². The molecule has 5 aromatic carbocycles. The monoisotopic (exact) mass is 510 g/mol. The van der Waals surface area contributed by atoms with E-state index in [2.05, 4.69) is 0 Å². The first-order valence-corrected chi connectivity index (χ1v) is 13.7. The van der Waals surface area contributed by atoms with Crippen LogP contribution in [0.1, 0.15) is 23.7 Å². The molecule has 6 rings (SSSR count). The molecule has 0 bridgehead atoms. The van der Waals surface area contributed by atoms with Gasteiger partial charge in [-0.3, -0.25) is 4.57 Å². The van der Waals surface area contributed by atoms with Gasteiger partial charge in [0, 0.05) is 5.56 Å². The second kappa shape index (κ2) is 10.1. The summed E-state index contributed by atoms with van der Waals surface area (Å²) in [6.45, 7) is 1.94. The lowest BCUT2D eigenvalue weighted by Crippen LogP contribution is -2.21. The molecule has 2 unspecified atom stereocenters. The largest absolute Gasteiger partial charge is 0.508 e. The van der Waals surface area contributed by atoms with Crippen LogP contribution in [0, 0.1) is 0 Å². The molecule has 6 heteroatoms. The third kappa shape index (κ3) is 4.84. The predicted molar refractivity (Wildman–Crippen MR) is 148 cm³/mol. The van der Waals surface area contributed by atoms with Crippen molar-refractivity contribution in [3.8, 4) is 28.4 Å². The highest BCUT2D eigenvalue weighted by atomic mass is 31.2. The number of aromatic hydroxyl groups is 2. The summed E-state index contributed by atoms with van der Waals surface area (Å²) in [5.74, 6) is 1.10. The van der Waals surface area contributed by atoms with E-state index in [0.29, 0.717) is 5.75 Å². The Morgan fingerprint density at radius 3 is 1.97 bits per heavy atom. The standard InChI is InChI=1S/C21H19O3P.C10H8O2/c1-15(17-12-10-16(14-22)11-13-17)25(23)21-9-5-3-7-19(21)18-6-2-4-8-20(18)24-25;11-9-3-1-7-2-4-10(12)6-8(7)5-9/h2-13,15,22H,14H2,1H3;1-6,11-12H. The molecule has 1 aliphatic heterocycles. The number of aliphatic hydroxyl groups excluding tert-OH is 1. The fourth-order valence-electron chi connectivity index (χ4n) is 4.54. The summed E-state index contributed by atoms with van der Waals surface area (Å²) < 4.78 is 20.1. The molecule has 2 atom stereocenters. The Morgan fingerprint density at radius 1 is 0.730 bits per heavy atom. The third-order valence-corrected chi connectivity index (χ3v) is 9.46. The molecule has 0 radical (unpaired) electrons. The van der Waals surface area contributed by atoms with Crippen molar-refractivity contribution in [2.75, 3.05) is 0 Å². The number of hydrogen-bond acceptors (Lipinski definition) is 5. The first kappa shape index (κ1) is 24.6. The predicted octanol–water partition coefficient (Wildman–Crippen LogP) is 7.15. The van der Waals surface area contributed by atoms with Crippen molar-refractivity contribution in [1.29, 1.82) is 0 Å². The second-order valence-electron chi connectivity index (χ2n) is 8.99. The van der Waals surface area contributed by atoms with Crippen LogP contribution in [0.2, 0.25) is 0 Å². The zero-order chi connectivity index (χ0) is 26.0. The molecule has 0 amide bonds. The van der Waals surface area contributed by atoms with Crippen LogP contribution in [0.3, 0.4) is 0 Å². The average molecular weight is 511 g/mol. The fraction of sp³-hybridized carbons (Fsp3) is 0.0968. The van der Waals surface area contributed by atoms with Gasteiger partial charge in [-0.2, -0.15) is 0 Å². The molecule has 5 aromatic rings. The van der Waals surface area contributed by atoms with Gasteiger partial charge < -0.3 is 19.8 Å². The first-order chi connectivity index (χ1) is 17.9. The van der Waals surface area contributed by atoms with Crippen LogP contribution in [0.4, 0.5) is 0 Å². The minimum absolute atomic E-state index is 0.000962. The van der Waals surface area contributed by atoms with Gasteiger partial charge in [0.1, 0.15) is 17.2 Å². The smallest absolute Gasteiger partial charge is 0.284 e. The lowest BCUT2D eigenvalue weighted by atomic mass is 10.0. The topological polar surface area (TPSA) is 87.0 Å². The van der Waals surface area contributed by atoms with Gasteiger partial charge in [0.05, 0.1) is 17.6 Å². The molecule has 0 saturated heterocycles. The van der Waals surface area contributed by atoms with Crippen molar-refractivity contribution in [2.45, 2.75) is 19.2 Å². The number of fused-ring (bicyclic) bond motifs is 4. The summed E-state index contributed by atoms with van der Waals surface area (Å²) in [5, 5.41) is 30.1. The van der Waals surface area contributed by atoms with E-state index in [9.17, 15) is 9.67 Å². The van der Waals surface area contributed by atoms with Gasteiger partial charge in [0.25, 0.3) is 7.37 Å². The van der Waals surface area contributed by atoms with Crippen molar-refractivity contribution < 1.29 is 24.4 Å². The number of para-hydroxylation sites is 1. The molecular formula is C31H27O5P. The molecule has 186 valence electrons. The molecule has 3 N–H and O–H groups in total. The summed E-state index contributed by atoms with van der Waals surface area (Å²) in [4.78, 5) is 0. The summed E-state index contributed by atoms with van der Waals surface area (Å²) >= 11 is 0. The van der Waals surface area contributed by atoms with Crippen molar-refractivity contribution in [3.63, 3.8) is 0 Å². The molecule has 0 aromatic heterocycles. The number of benzene rings is 5. The van der Waals surface area contributed by atoms with Crippen LogP contribution in [0.15, 0.2) is 109 Å². The number of rotatable bonds is 3. The van der Waals surface area contributed by atoms with Crippen LogP contribution < -0.4 is 9.83 Å². The quantitative estimate of drug-likeness (QED) is 0.224. The zero-order valence-electron chi connectivity index (χ0n) is 20.3. The molecule has 5 nitrogen and oxygen atoms in total. The highest BCUT2D eigenvalue weighted by molar-refractivity contribution is 7.68. The molecule has 1 heterocycles. The van der Waals surface area contributed by atoms with Crippen molar-refractivity contribution >= 4 is 23.4 Å². The summed E-state index contributed by atoms with van der Waals surface area (Å²) in [6.07, 6.45) is 0. The number of phenols is 2. The van der Waals surface area contributed by atoms with Gasteiger partial charge in [0.2, 0.25) is 0 Å². The number of aliphatic hydroxyl groups is 1. The van der Waals surface area contributed by atoms with Gasteiger partial charge in [-0.15, -0.1) is 0 Å². The zero-order valence-corrected chi connectivity index (χ0v) is 21.2. The Bertz CT molecular complexity index is 1570. The third-order valence-electron chi connectivity index (χ3n) is 6.61. The highest BCUT2D eigenvalue weighted by Crippen LogP contribution is 2.63. The van der Waals surface area contributed by atoms with E-state index in [-0.39, 0.29) is 23.8 Å². The van der Waals surface area contributed by atoms with Crippen molar-refractivity contribution in [1.82, 2.24) is 0 Å². The van der Waals surface area contributed by atoms with E-state index < -0.39 is 7.37 Å². The Hall–Kier alpha value is -4.05. The van der Waals surface area contributed by atoms with Crippen LogP contribution >= 0.6 is 7.37 Å². The van der Waals surface area contributed by atoms with E-state index in [0.717, 1.165) is 38.3 Å². The van der Waals surface area contributed by atoms with Gasteiger partial charge in [-0.1, -0.05) is 72.8 Å². The second-order valence-corrected chi connectivity index (χ2v) is 11.6. The van der Waals surface area contributed by atoms with Crippen LogP contribution in [0.5, 0.6) is 17.2 Å². The summed E-state index contributed by atoms with van der Waals surface area (Å²) in [5.41, 5.74) is 3.45. The molecule has 0 aliphatic carbocycles. The maximum absolute atomic E-state index is 14.0. The van der Waals surface area contributed by atoms with E-state index >= 15 is 0 Å². The van der Waals surface area contributed by atoms with Crippen LogP contribution in [0.25, 0.3) is 21.9 Å². The van der Waals surface area contributed by atoms with E-state index in [1.54, 1.807) is 24.3 Å². The number of hydrogen-bond donors (Lipinski definition) is 3. The van der Waals surface area contributed by atoms with Gasteiger partial charge in [0.15, 0.2) is 0 Å². The average Bonchev–Trinajstić information content (AvgIpc) is 2.93. The summed E-state index contributed by atoms with van der Waals surface area (Å²) in [6, 6.07) is 33.2. The fourth-order valence-corrected chi connectivity index (χ4v) is 7.06. The lowest BCUT2D eigenvalue weighted by molar-refractivity contribution is 0.282. The molecule has 0 saturated carbocycles. The van der Waals surface area contributed by atoms with Gasteiger partial charge >= 0.3 is 0 Å². The number of phenolic OH excluding ortho intramolecular Hbond substituents is 2. The molecule has 0 fully saturated rings. The Kier molecular flexibility index (Phi) is 6.75. The molecule has 1 aliphatic rings. The maximum Gasteiger partial charge on any atom is 0.284 e. The lowest BCUT2D eigenvalue weighted by Gasteiger charge is -2.32. The van der Waals surface area contributed by atoms with Gasteiger partial charge in [-0.25, -0.2) is 0 Å². The van der Waals surface area contributed by atoms with Gasteiger partial charge in [-0.05, 0) is 70.8 Å². The maximum atomic E-state index is 14.0. The van der Waals surface area contributed by atoms with E-state index in [4.69, 9.17) is 14.7 Å². The Labute approximate surface area is 215 Å². The summed E-state index contributed by atoms with van der Waals surface area (Å²) in [7, 11) is -3.13. The molecular weight excluding hydrogens is 483 g/mol. The normalized spacial score (nSPS) is 16.5. The van der Waals surface area contributed by atoms with E-state index in [1.807, 2.05) is 91.9 Å². The highest BCUT2D eigenvalue weighted by Gasteiger charge is 2.41. The van der Waals surface area contributed by atoms with Crippen molar-refractivity contribution in [3.05, 3.63) is 120 Å². The minimum atomic E-state index is -3.13. The van der Waals surface area contributed by atoms with E-state index in [1.165, 1.54) is 0 Å². The Morgan fingerprint density at radius 2 is 1.32 bits per heavy atom. The molecule has 0 spiro atoms. The first-order valence-electron chi connectivity index (χ1n) is 12.0. The Balaban J connectivity index is 0.000000195. The minimum Gasteiger partial charge on any atom is -0.508 e. The SMILES string of the molecule is CC(c1ccc(CO)cc1)P1(=O)Oc2ccccc2-c2ccccc21.Oc1ccc2ccc(O)cc2c1. The van der Waals surface area contributed by atoms with Crippen LogP contribution in [-0.2, 0) is 11.2 Å². The molecule has 37 heavy (non-hydrogen) atoms. The van der Waals surface area contributed by atoms with Crippen LogP contribution in [-0.4, -0.2) is 15.3 Å².